The van der Waals surface area contributed by atoms with Crippen LogP contribution in [0.15, 0.2) is 6.07 Å². The third kappa shape index (κ3) is 2.93. The molecule has 1 saturated heterocycles. The van der Waals surface area contributed by atoms with Gasteiger partial charge in [0.15, 0.2) is 0 Å². The van der Waals surface area contributed by atoms with Crippen LogP contribution in [0.3, 0.4) is 0 Å². The molecule has 0 saturated carbocycles. The van der Waals surface area contributed by atoms with Gasteiger partial charge in [-0.1, -0.05) is 13.8 Å². The molecule has 2 rings (SSSR count). The Morgan fingerprint density at radius 2 is 2.11 bits per heavy atom. The maximum absolute atomic E-state index is 5.92. The average molecular weight is 269 g/mol. The quantitative estimate of drug-likeness (QED) is 0.785. The van der Waals surface area contributed by atoms with Gasteiger partial charge in [-0.05, 0) is 38.0 Å². The molecule has 0 spiro atoms. The van der Waals surface area contributed by atoms with Crippen molar-refractivity contribution in [2.75, 3.05) is 31.1 Å². The first-order chi connectivity index (χ1) is 8.63. The molecule has 1 aromatic heterocycles. The first-order valence-corrected chi connectivity index (χ1v) is 7.02. The molecule has 1 aliphatic heterocycles. The van der Waals surface area contributed by atoms with E-state index in [1.54, 1.807) is 0 Å². The van der Waals surface area contributed by atoms with E-state index in [2.05, 4.69) is 33.6 Å². The number of aromatic nitrogens is 2. The fraction of sp³-hybridized carbons (Fsp3) is 0.692. The lowest BCUT2D eigenvalue weighted by Crippen LogP contribution is -2.37. The fourth-order valence-electron chi connectivity index (χ4n) is 2.67. The van der Waals surface area contributed by atoms with Gasteiger partial charge in [0.05, 0.1) is 0 Å². The topological polar surface area (TPSA) is 32.3 Å². The van der Waals surface area contributed by atoms with E-state index in [1.165, 1.54) is 6.42 Å². The van der Waals surface area contributed by atoms with Crippen molar-refractivity contribution in [2.24, 2.45) is 0 Å². The SMILES string of the molecule is CCN(CC)C1CCN(c2cc(C)nc(Cl)n2)C1. The number of anilines is 1. The van der Waals surface area contributed by atoms with Gasteiger partial charge in [-0.2, -0.15) is 0 Å². The summed E-state index contributed by atoms with van der Waals surface area (Å²) < 4.78 is 0. The normalized spacial score (nSPS) is 19.8. The van der Waals surface area contributed by atoms with E-state index >= 15 is 0 Å². The number of hydrogen-bond acceptors (Lipinski definition) is 4. The van der Waals surface area contributed by atoms with Crippen molar-refractivity contribution >= 4 is 17.4 Å². The van der Waals surface area contributed by atoms with Crippen molar-refractivity contribution in [3.63, 3.8) is 0 Å². The first-order valence-electron chi connectivity index (χ1n) is 6.64. The molecule has 5 heteroatoms. The summed E-state index contributed by atoms with van der Waals surface area (Å²) in [5.41, 5.74) is 0.927. The van der Waals surface area contributed by atoms with Crippen LogP contribution in [-0.2, 0) is 0 Å². The minimum atomic E-state index is 0.344. The molecule has 1 aliphatic rings. The molecule has 1 unspecified atom stereocenters. The van der Waals surface area contributed by atoms with Gasteiger partial charge in [-0.25, -0.2) is 9.97 Å². The third-order valence-corrected chi connectivity index (χ3v) is 3.80. The lowest BCUT2D eigenvalue weighted by atomic mass is 10.2. The van der Waals surface area contributed by atoms with Crippen LogP contribution in [-0.4, -0.2) is 47.1 Å². The molecule has 18 heavy (non-hydrogen) atoms. The highest BCUT2D eigenvalue weighted by Gasteiger charge is 2.27. The van der Waals surface area contributed by atoms with Gasteiger partial charge < -0.3 is 4.90 Å². The minimum Gasteiger partial charge on any atom is -0.355 e. The van der Waals surface area contributed by atoms with Crippen molar-refractivity contribution in [1.82, 2.24) is 14.9 Å². The molecular formula is C13H21ClN4. The maximum atomic E-state index is 5.92. The first kappa shape index (κ1) is 13.6. The van der Waals surface area contributed by atoms with Crippen LogP contribution >= 0.6 is 11.6 Å². The van der Waals surface area contributed by atoms with Gasteiger partial charge in [-0.15, -0.1) is 0 Å². The second-order valence-corrected chi connectivity index (χ2v) is 5.08. The average Bonchev–Trinajstić information content (AvgIpc) is 2.79. The van der Waals surface area contributed by atoms with E-state index in [1.807, 2.05) is 13.0 Å². The minimum absolute atomic E-state index is 0.344. The Bertz CT molecular complexity index is 386. The number of nitrogens with zero attached hydrogens (tertiary/aromatic N) is 4. The Kier molecular flexibility index (Phi) is 4.40. The smallest absolute Gasteiger partial charge is 0.224 e. The van der Waals surface area contributed by atoms with Crippen molar-refractivity contribution < 1.29 is 0 Å². The third-order valence-electron chi connectivity index (χ3n) is 3.63. The van der Waals surface area contributed by atoms with Crippen LogP contribution in [0, 0.1) is 6.92 Å². The molecule has 1 aromatic rings. The summed E-state index contributed by atoms with van der Waals surface area (Å²) in [5.74, 6) is 0.960. The van der Waals surface area contributed by atoms with Crippen molar-refractivity contribution in [1.29, 1.82) is 0 Å². The Morgan fingerprint density at radius 3 is 2.72 bits per heavy atom. The summed E-state index contributed by atoms with van der Waals surface area (Å²) in [5, 5.41) is 0.344. The summed E-state index contributed by atoms with van der Waals surface area (Å²) >= 11 is 5.92. The summed E-state index contributed by atoms with van der Waals surface area (Å²) in [7, 11) is 0. The Labute approximate surface area is 114 Å². The molecule has 4 nitrogen and oxygen atoms in total. The number of halogens is 1. The zero-order valence-electron chi connectivity index (χ0n) is 11.4. The van der Waals surface area contributed by atoms with E-state index in [9.17, 15) is 0 Å². The van der Waals surface area contributed by atoms with Gasteiger partial charge in [-0.3, -0.25) is 4.90 Å². The molecule has 1 atom stereocenters. The molecule has 1 fully saturated rings. The van der Waals surface area contributed by atoms with Crippen LogP contribution in [0.25, 0.3) is 0 Å². The molecule has 0 aliphatic carbocycles. The van der Waals surface area contributed by atoms with Crippen LogP contribution in [0.5, 0.6) is 0 Å². The van der Waals surface area contributed by atoms with Gasteiger partial charge in [0.1, 0.15) is 5.82 Å². The highest BCUT2D eigenvalue weighted by atomic mass is 35.5. The van der Waals surface area contributed by atoms with E-state index in [0.29, 0.717) is 11.3 Å². The van der Waals surface area contributed by atoms with Gasteiger partial charge >= 0.3 is 0 Å². The Morgan fingerprint density at radius 1 is 1.39 bits per heavy atom. The maximum Gasteiger partial charge on any atom is 0.224 e. The van der Waals surface area contributed by atoms with Crippen molar-refractivity contribution in [2.45, 2.75) is 33.2 Å². The largest absolute Gasteiger partial charge is 0.355 e. The fourth-order valence-corrected chi connectivity index (χ4v) is 2.89. The molecule has 0 bridgehead atoms. The zero-order valence-corrected chi connectivity index (χ0v) is 12.1. The second-order valence-electron chi connectivity index (χ2n) is 4.75. The van der Waals surface area contributed by atoms with Crippen molar-refractivity contribution in [3.05, 3.63) is 17.0 Å². The van der Waals surface area contributed by atoms with Crippen LogP contribution in [0.2, 0.25) is 5.28 Å². The van der Waals surface area contributed by atoms with Crippen LogP contribution in [0.1, 0.15) is 26.0 Å². The summed E-state index contributed by atoms with van der Waals surface area (Å²) in [6.45, 7) is 10.7. The lowest BCUT2D eigenvalue weighted by molar-refractivity contribution is 0.232. The van der Waals surface area contributed by atoms with Gasteiger partial charge in [0, 0.05) is 30.9 Å². The molecule has 0 amide bonds. The van der Waals surface area contributed by atoms with E-state index < -0.39 is 0 Å². The van der Waals surface area contributed by atoms with Crippen LogP contribution in [0.4, 0.5) is 5.82 Å². The van der Waals surface area contributed by atoms with Crippen LogP contribution < -0.4 is 4.90 Å². The molecule has 0 radical (unpaired) electrons. The predicted octanol–water partition coefficient (Wildman–Crippen LogP) is 2.36. The van der Waals surface area contributed by atoms with E-state index in [-0.39, 0.29) is 0 Å². The monoisotopic (exact) mass is 268 g/mol. The summed E-state index contributed by atoms with van der Waals surface area (Å²) in [6.07, 6.45) is 1.20. The van der Waals surface area contributed by atoms with Crippen molar-refractivity contribution in [3.8, 4) is 0 Å². The number of likely N-dealkylation sites (N-methyl/N-ethyl adjacent to an activating group) is 1. The molecule has 100 valence electrons. The highest BCUT2D eigenvalue weighted by Crippen LogP contribution is 2.22. The predicted molar refractivity (Wildman–Crippen MR) is 75.3 cm³/mol. The second kappa shape index (κ2) is 5.85. The number of hydrogen-bond donors (Lipinski definition) is 0. The lowest BCUT2D eigenvalue weighted by Gasteiger charge is -2.26. The summed E-state index contributed by atoms with van der Waals surface area (Å²) in [4.78, 5) is 13.3. The number of aryl methyl sites for hydroxylation is 1. The Balaban J connectivity index is 2.08. The van der Waals surface area contributed by atoms with E-state index in [4.69, 9.17) is 11.6 Å². The molecule has 2 heterocycles. The van der Waals surface area contributed by atoms with E-state index in [0.717, 1.165) is 37.7 Å². The van der Waals surface area contributed by atoms with Gasteiger partial charge in [0.2, 0.25) is 5.28 Å². The van der Waals surface area contributed by atoms with Gasteiger partial charge in [0.25, 0.3) is 0 Å². The zero-order chi connectivity index (χ0) is 13.1. The summed E-state index contributed by atoms with van der Waals surface area (Å²) in [6, 6.07) is 2.64. The molecule has 0 aromatic carbocycles. The number of rotatable bonds is 4. The highest BCUT2D eigenvalue weighted by molar-refractivity contribution is 6.28. The molecule has 0 N–H and O–H groups in total. The standard InChI is InChI=1S/C13H21ClN4/c1-4-17(5-2)11-6-7-18(9-11)12-8-10(3)15-13(14)16-12/h8,11H,4-7,9H2,1-3H3. The molecular weight excluding hydrogens is 248 g/mol. The Hall–Kier alpha value is -0.870.